The molecule has 1 aromatic heterocycles. The minimum atomic E-state index is 0.574. The van der Waals surface area contributed by atoms with Crippen molar-refractivity contribution in [1.29, 1.82) is 0 Å². The lowest BCUT2D eigenvalue weighted by Gasteiger charge is -2.33. The third-order valence-electron chi connectivity index (χ3n) is 4.61. The topological polar surface area (TPSA) is 25.4 Å². The first-order valence-electron chi connectivity index (χ1n) is 6.69. The molecule has 1 unspecified atom stereocenters. The monoisotopic (exact) mass is 230 g/mol. The number of aryl methyl sites for hydroxylation is 1. The van der Waals surface area contributed by atoms with E-state index in [1.54, 1.807) is 0 Å². The fourth-order valence-corrected chi connectivity index (χ4v) is 3.40. The van der Waals surface area contributed by atoms with Gasteiger partial charge in [0.05, 0.1) is 6.04 Å². The number of ether oxygens (including phenoxy) is 1. The molecule has 2 aliphatic heterocycles. The molecule has 1 saturated carbocycles. The molecular formula is C14H18N2O. The molecule has 1 aliphatic carbocycles. The van der Waals surface area contributed by atoms with Crippen LogP contribution in [0.5, 0.6) is 5.75 Å². The summed E-state index contributed by atoms with van der Waals surface area (Å²) in [6.45, 7) is 4.24. The van der Waals surface area contributed by atoms with Gasteiger partial charge in [-0.05, 0) is 42.7 Å². The number of nitrogens with zero attached hydrogens (tertiary/aromatic N) is 2. The summed E-state index contributed by atoms with van der Waals surface area (Å²) in [7, 11) is 0. The van der Waals surface area contributed by atoms with Crippen molar-refractivity contribution in [3.05, 3.63) is 17.8 Å². The van der Waals surface area contributed by atoms with Crippen molar-refractivity contribution in [2.45, 2.75) is 38.6 Å². The number of hydrogen-bond donors (Lipinski definition) is 0. The molecule has 3 aliphatic rings. The summed E-state index contributed by atoms with van der Waals surface area (Å²) in [4.78, 5) is 7.07. The van der Waals surface area contributed by atoms with Gasteiger partial charge in [0.1, 0.15) is 6.61 Å². The molecule has 17 heavy (non-hydrogen) atoms. The molecular weight excluding hydrogens is 212 g/mol. The zero-order valence-corrected chi connectivity index (χ0v) is 10.3. The lowest BCUT2D eigenvalue weighted by molar-refractivity contribution is 0.264. The first kappa shape index (κ1) is 9.75. The van der Waals surface area contributed by atoms with Gasteiger partial charge in [0, 0.05) is 12.7 Å². The first-order chi connectivity index (χ1) is 8.31. The molecule has 1 spiro atoms. The van der Waals surface area contributed by atoms with E-state index >= 15 is 0 Å². The van der Waals surface area contributed by atoms with E-state index in [-0.39, 0.29) is 0 Å². The van der Waals surface area contributed by atoms with Gasteiger partial charge in [-0.3, -0.25) is 0 Å². The maximum Gasteiger partial charge on any atom is 0.172 e. The average molecular weight is 230 g/mol. The molecule has 3 nitrogen and oxygen atoms in total. The molecule has 0 radical (unpaired) electrons. The molecule has 90 valence electrons. The van der Waals surface area contributed by atoms with Crippen LogP contribution in [0.1, 0.15) is 31.7 Å². The van der Waals surface area contributed by atoms with E-state index in [2.05, 4.69) is 22.9 Å². The first-order valence-corrected chi connectivity index (χ1v) is 6.69. The summed E-state index contributed by atoms with van der Waals surface area (Å²) in [5, 5.41) is 0. The van der Waals surface area contributed by atoms with Gasteiger partial charge >= 0.3 is 0 Å². The zero-order valence-electron chi connectivity index (χ0n) is 10.3. The summed E-state index contributed by atoms with van der Waals surface area (Å²) in [6.07, 6.45) is 7.08. The second-order valence-corrected chi connectivity index (χ2v) is 5.77. The van der Waals surface area contributed by atoms with E-state index in [1.165, 1.54) is 31.4 Å². The van der Waals surface area contributed by atoms with Gasteiger partial charge in [-0.25, -0.2) is 4.98 Å². The van der Waals surface area contributed by atoms with Crippen molar-refractivity contribution in [3.63, 3.8) is 0 Å². The molecule has 0 aromatic carbocycles. The number of aromatic nitrogens is 1. The Labute approximate surface area is 102 Å². The standard InChI is InChI=1S/C14H18N2O/c1-2-10-3-6-15-13-12(10)17-8-11-7-14(4-5-14)9-16(11)13/h3,6,11H,2,4-5,7-9H2,1H3. The lowest BCUT2D eigenvalue weighted by atomic mass is 10.0. The second kappa shape index (κ2) is 3.15. The summed E-state index contributed by atoms with van der Waals surface area (Å²) in [6, 6.07) is 2.66. The summed E-state index contributed by atoms with van der Waals surface area (Å²) < 4.78 is 5.98. The van der Waals surface area contributed by atoms with Gasteiger partial charge < -0.3 is 9.64 Å². The second-order valence-electron chi connectivity index (χ2n) is 5.77. The predicted molar refractivity (Wildman–Crippen MR) is 66.5 cm³/mol. The molecule has 1 saturated heterocycles. The van der Waals surface area contributed by atoms with Gasteiger partial charge in [0.2, 0.25) is 0 Å². The van der Waals surface area contributed by atoms with Crippen LogP contribution in [0.2, 0.25) is 0 Å². The highest BCUT2D eigenvalue weighted by molar-refractivity contribution is 5.60. The van der Waals surface area contributed by atoms with Crippen LogP contribution in [0.4, 0.5) is 5.82 Å². The van der Waals surface area contributed by atoms with Crippen molar-refractivity contribution in [3.8, 4) is 5.75 Å². The third-order valence-corrected chi connectivity index (χ3v) is 4.61. The van der Waals surface area contributed by atoms with Crippen LogP contribution in [0.25, 0.3) is 0 Å². The summed E-state index contributed by atoms with van der Waals surface area (Å²) >= 11 is 0. The molecule has 0 N–H and O–H groups in total. The Hall–Kier alpha value is -1.25. The molecule has 2 fully saturated rings. The van der Waals surface area contributed by atoms with E-state index in [4.69, 9.17) is 4.74 Å². The highest BCUT2D eigenvalue weighted by Gasteiger charge is 2.53. The average Bonchev–Trinajstić information content (AvgIpc) is 2.99. The summed E-state index contributed by atoms with van der Waals surface area (Å²) in [5.41, 5.74) is 1.92. The van der Waals surface area contributed by atoms with Crippen LogP contribution in [0, 0.1) is 5.41 Å². The predicted octanol–water partition coefficient (Wildman–Crippen LogP) is 2.40. The maximum absolute atomic E-state index is 5.98. The van der Waals surface area contributed by atoms with E-state index in [1.807, 2.05) is 6.20 Å². The zero-order chi connectivity index (χ0) is 11.5. The van der Waals surface area contributed by atoms with E-state index < -0.39 is 0 Å². The number of pyridine rings is 1. The van der Waals surface area contributed by atoms with Crippen LogP contribution < -0.4 is 9.64 Å². The van der Waals surface area contributed by atoms with Crippen LogP contribution in [-0.2, 0) is 6.42 Å². The van der Waals surface area contributed by atoms with Crippen LogP contribution >= 0.6 is 0 Å². The van der Waals surface area contributed by atoms with E-state index in [0.29, 0.717) is 11.5 Å². The highest BCUT2D eigenvalue weighted by Crippen LogP contribution is 2.57. The van der Waals surface area contributed by atoms with Crippen molar-refractivity contribution in [2.24, 2.45) is 5.41 Å². The molecule has 1 atom stereocenters. The smallest absolute Gasteiger partial charge is 0.172 e. The Morgan fingerprint density at radius 3 is 3.18 bits per heavy atom. The van der Waals surface area contributed by atoms with Crippen molar-refractivity contribution in [1.82, 2.24) is 4.98 Å². The van der Waals surface area contributed by atoms with Crippen LogP contribution in [0.15, 0.2) is 12.3 Å². The Morgan fingerprint density at radius 1 is 1.53 bits per heavy atom. The fourth-order valence-electron chi connectivity index (χ4n) is 3.40. The summed E-state index contributed by atoms with van der Waals surface area (Å²) in [5.74, 6) is 2.15. The third kappa shape index (κ3) is 1.31. The fraction of sp³-hybridized carbons (Fsp3) is 0.643. The largest absolute Gasteiger partial charge is 0.487 e. The lowest BCUT2D eigenvalue weighted by Crippen LogP contribution is -2.39. The molecule has 4 rings (SSSR count). The van der Waals surface area contributed by atoms with Crippen LogP contribution in [-0.4, -0.2) is 24.2 Å². The Balaban J connectivity index is 1.77. The molecule has 1 aromatic rings. The van der Waals surface area contributed by atoms with Gasteiger partial charge in [0.15, 0.2) is 11.6 Å². The quantitative estimate of drug-likeness (QED) is 0.740. The number of anilines is 1. The number of fused-ring (bicyclic) bond motifs is 3. The van der Waals surface area contributed by atoms with Crippen LogP contribution in [0.3, 0.4) is 0 Å². The van der Waals surface area contributed by atoms with Gasteiger partial charge in [-0.15, -0.1) is 0 Å². The Bertz CT molecular complexity index is 467. The number of hydrogen-bond acceptors (Lipinski definition) is 3. The van der Waals surface area contributed by atoms with Gasteiger partial charge in [-0.2, -0.15) is 0 Å². The van der Waals surface area contributed by atoms with Gasteiger partial charge in [0.25, 0.3) is 0 Å². The molecule has 3 heterocycles. The minimum Gasteiger partial charge on any atom is -0.487 e. The highest BCUT2D eigenvalue weighted by atomic mass is 16.5. The number of rotatable bonds is 1. The normalized spacial score (nSPS) is 27.6. The maximum atomic E-state index is 5.98. The molecule has 3 heteroatoms. The van der Waals surface area contributed by atoms with Crippen molar-refractivity contribution in [2.75, 3.05) is 18.1 Å². The minimum absolute atomic E-state index is 0.574. The van der Waals surface area contributed by atoms with E-state index in [0.717, 1.165) is 24.6 Å². The van der Waals surface area contributed by atoms with Crippen molar-refractivity contribution < 1.29 is 4.74 Å². The van der Waals surface area contributed by atoms with E-state index in [9.17, 15) is 0 Å². The molecule has 0 amide bonds. The molecule has 0 bridgehead atoms. The van der Waals surface area contributed by atoms with Crippen molar-refractivity contribution >= 4 is 5.82 Å². The Morgan fingerprint density at radius 2 is 2.41 bits per heavy atom. The van der Waals surface area contributed by atoms with Gasteiger partial charge in [-0.1, -0.05) is 6.92 Å². The SMILES string of the molecule is CCc1ccnc2c1OCC1CC3(CC3)CN21. The Kier molecular flexibility index (Phi) is 1.81.